The maximum absolute atomic E-state index is 12.4. The van der Waals surface area contributed by atoms with Gasteiger partial charge in [0.2, 0.25) is 10.0 Å². The molecule has 2 aromatic carbocycles. The highest BCUT2D eigenvalue weighted by Crippen LogP contribution is 2.33. The van der Waals surface area contributed by atoms with Gasteiger partial charge in [0.15, 0.2) is 0 Å². The lowest BCUT2D eigenvalue weighted by molar-refractivity contribution is -0.0258. The Morgan fingerprint density at radius 2 is 1.64 bits per heavy atom. The molecule has 2 N–H and O–H groups in total. The summed E-state index contributed by atoms with van der Waals surface area (Å²) < 4.78 is 32.5. The van der Waals surface area contributed by atoms with E-state index in [2.05, 4.69) is 61.7 Å². The van der Waals surface area contributed by atoms with Crippen LogP contribution in [-0.4, -0.2) is 38.0 Å². The van der Waals surface area contributed by atoms with E-state index in [-0.39, 0.29) is 12.2 Å². The summed E-state index contributed by atoms with van der Waals surface area (Å²) in [5.41, 5.74) is 6.55. The van der Waals surface area contributed by atoms with Crippen molar-refractivity contribution >= 4 is 27.1 Å². The fraction of sp³-hybridized carbons (Fsp3) is 0.538. The van der Waals surface area contributed by atoms with Crippen LogP contribution in [0.5, 0.6) is 0 Å². The first-order valence-corrected chi connectivity index (χ1v) is 13.2. The Kier molecular flexibility index (Phi) is 7.34. The molecule has 3 rings (SSSR count). The van der Waals surface area contributed by atoms with E-state index in [1.807, 2.05) is 24.3 Å². The van der Waals surface area contributed by atoms with Gasteiger partial charge in [0.1, 0.15) is 0 Å². The molecule has 0 amide bonds. The van der Waals surface area contributed by atoms with E-state index in [1.54, 1.807) is 20.8 Å². The van der Waals surface area contributed by atoms with E-state index < -0.39 is 14.8 Å². The number of nitrogens with one attached hydrogen (secondary N) is 2. The van der Waals surface area contributed by atoms with E-state index >= 15 is 0 Å². The third kappa shape index (κ3) is 5.64. The second kappa shape index (κ2) is 9.55. The number of benzene rings is 2. The molecule has 1 heterocycles. The molecule has 2 aromatic rings. The first kappa shape index (κ1) is 25.4. The summed E-state index contributed by atoms with van der Waals surface area (Å²) in [4.78, 5) is 2.46. The van der Waals surface area contributed by atoms with Crippen LogP contribution in [0.25, 0.3) is 0 Å². The lowest BCUT2D eigenvalue weighted by Gasteiger charge is -2.43. The molecule has 0 saturated carbocycles. The van der Waals surface area contributed by atoms with Gasteiger partial charge in [0.25, 0.3) is 0 Å². The Hall–Kier alpha value is -2.25. The largest absolute Gasteiger partial charge is 0.381 e. The van der Waals surface area contributed by atoms with Crippen molar-refractivity contribution in [2.75, 3.05) is 21.5 Å². The zero-order valence-electron chi connectivity index (χ0n) is 21.2. The van der Waals surface area contributed by atoms with Crippen molar-refractivity contribution in [2.24, 2.45) is 0 Å². The minimum Gasteiger partial charge on any atom is -0.381 e. The topological polar surface area (TPSA) is 70.7 Å². The summed E-state index contributed by atoms with van der Waals surface area (Å²) in [7, 11) is -3.43. The maximum atomic E-state index is 12.4. The van der Waals surface area contributed by atoms with Gasteiger partial charge in [-0.05, 0) is 96.3 Å². The monoisotopic (exact) mass is 473 g/mol. The summed E-state index contributed by atoms with van der Waals surface area (Å²) in [5.74, 6) is 0. The van der Waals surface area contributed by atoms with Crippen molar-refractivity contribution in [3.05, 3.63) is 53.1 Å². The third-order valence-corrected chi connectivity index (χ3v) is 8.75. The molecule has 3 unspecified atom stereocenters. The molecule has 0 aliphatic carbocycles. The van der Waals surface area contributed by atoms with Crippen LogP contribution < -0.4 is 14.9 Å². The predicted molar refractivity (Wildman–Crippen MR) is 139 cm³/mol. The summed E-state index contributed by atoms with van der Waals surface area (Å²) in [6, 6.07) is 12.2. The molecule has 7 heteroatoms. The van der Waals surface area contributed by atoms with Crippen LogP contribution in [0, 0.1) is 13.8 Å². The molecule has 33 heavy (non-hydrogen) atoms. The Morgan fingerprint density at radius 1 is 1.00 bits per heavy atom. The molecule has 0 bridgehead atoms. The SMILES string of the molecule is Cc1c(NCc2ccc(NS(=O)(=O)C(C)(C)C)cc2)ccc(N2CC(C)OC(C)C2C)c1C. The van der Waals surface area contributed by atoms with Crippen molar-refractivity contribution < 1.29 is 13.2 Å². The highest BCUT2D eigenvalue weighted by molar-refractivity contribution is 7.94. The van der Waals surface area contributed by atoms with Gasteiger partial charge < -0.3 is 15.0 Å². The van der Waals surface area contributed by atoms with E-state index in [0.717, 1.165) is 17.8 Å². The average molecular weight is 474 g/mol. The molecule has 182 valence electrons. The van der Waals surface area contributed by atoms with E-state index in [9.17, 15) is 8.42 Å². The van der Waals surface area contributed by atoms with Crippen molar-refractivity contribution in [1.82, 2.24) is 0 Å². The van der Waals surface area contributed by atoms with Crippen LogP contribution in [-0.2, 0) is 21.3 Å². The molecule has 1 saturated heterocycles. The predicted octanol–water partition coefficient (Wildman–Crippen LogP) is 5.46. The fourth-order valence-electron chi connectivity index (χ4n) is 4.04. The minimum absolute atomic E-state index is 0.196. The highest BCUT2D eigenvalue weighted by atomic mass is 32.2. The van der Waals surface area contributed by atoms with Crippen LogP contribution in [0.3, 0.4) is 0 Å². The first-order valence-electron chi connectivity index (χ1n) is 11.7. The summed E-state index contributed by atoms with van der Waals surface area (Å²) in [6.45, 7) is 17.4. The number of sulfonamides is 1. The van der Waals surface area contributed by atoms with Crippen LogP contribution in [0.4, 0.5) is 17.1 Å². The second-order valence-electron chi connectivity index (χ2n) is 10.2. The molecule has 0 aromatic heterocycles. The molecule has 0 spiro atoms. The highest BCUT2D eigenvalue weighted by Gasteiger charge is 2.31. The number of morpholine rings is 1. The smallest absolute Gasteiger partial charge is 0.237 e. The Balaban J connectivity index is 1.69. The number of ether oxygens (including phenoxy) is 1. The fourth-order valence-corrected chi connectivity index (χ4v) is 4.80. The normalized spacial score (nSPS) is 21.7. The average Bonchev–Trinajstić information content (AvgIpc) is 2.72. The van der Waals surface area contributed by atoms with Gasteiger partial charge in [-0.2, -0.15) is 0 Å². The van der Waals surface area contributed by atoms with Crippen molar-refractivity contribution in [3.8, 4) is 0 Å². The lowest BCUT2D eigenvalue weighted by atomic mass is 10.0. The van der Waals surface area contributed by atoms with Crippen molar-refractivity contribution in [2.45, 2.75) is 84.9 Å². The van der Waals surface area contributed by atoms with Crippen LogP contribution in [0.15, 0.2) is 36.4 Å². The minimum atomic E-state index is -3.43. The van der Waals surface area contributed by atoms with E-state index in [1.165, 1.54) is 16.8 Å². The van der Waals surface area contributed by atoms with Crippen LogP contribution >= 0.6 is 0 Å². The standard InChI is InChI=1S/C26H39N3O3S/c1-17-16-29(20(4)21(5)32-17)25-14-13-24(18(2)19(25)3)27-15-22-9-11-23(12-10-22)28-33(30,31)26(6,7)8/h9-14,17,20-21,27-28H,15-16H2,1-8H3. The molecule has 0 radical (unpaired) electrons. The molecule has 3 atom stereocenters. The quantitative estimate of drug-likeness (QED) is 0.583. The molecular weight excluding hydrogens is 434 g/mol. The van der Waals surface area contributed by atoms with Gasteiger partial charge in [-0.25, -0.2) is 8.42 Å². The number of rotatable bonds is 6. The summed E-state index contributed by atoms with van der Waals surface area (Å²) >= 11 is 0. The van der Waals surface area contributed by atoms with Gasteiger partial charge in [-0.3, -0.25) is 4.72 Å². The first-order chi connectivity index (χ1) is 15.3. The summed E-state index contributed by atoms with van der Waals surface area (Å²) in [5, 5.41) is 3.54. The van der Waals surface area contributed by atoms with Crippen LogP contribution in [0.1, 0.15) is 58.2 Å². The third-order valence-electron chi connectivity index (χ3n) is 6.64. The zero-order valence-corrected chi connectivity index (χ0v) is 22.0. The van der Waals surface area contributed by atoms with Gasteiger partial charge in [0.05, 0.1) is 23.0 Å². The molecule has 1 aliphatic rings. The van der Waals surface area contributed by atoms with E-state index in [0.29, 0.717) is 18.3 Å². The Morgan fingerprint density at radius 3 is 2.24 bits per heavy atom. The van der Waals surface area contributed by atoms with E-state index in [4.69, 9.17) is 4.74 Å². The molecule has 1 aliphatic heterocycles. The second-order valence-corrected chi connectivity index (χ2v) is 12.6. The summed E-state index contributed by atoms with van der Waals surface area (Å²) in [6.07, 6.45) is 0.409. The van der Waals surface area contributed by atoms with Crippen molar-refractivity contribution in [1.29, 1.82) is 0 Å². The maximum Gasteiger partial charge on any atom is 0.237 e. The van der Waals surface area contributed by atoms with Gasteiger partial charge in [-0.1, -0.05) is 12.1 Å². The van der Waals surface area contributed by atoms with Gasteiger partial charge >= 0.3 is 0 Å². The molecule has 6 nitrogen and oxygen atoms in total. The number of anilines is 3. The number of hydrogen-bond acceptors (Lipinski definition) is 5. The molecular formula is C26H39N3O3S. The Bertz CT molecular complexity index is 1080. The zero-order chi connectivity index (χ0) is 24.6. The molecule has 1 fully saturated rings. The van der Waals surface area contributed by atoms with Crippen molar-refractivity contribution in [3.63, 3.8) is 0 Å². The van der Waals surface area contributed by atoms with Gasteiger partial charge in [-0.15, -0.1) is 0 Å². The number of nitrogens with zero attached hydrogens (tertiary/aromatic N) is 1. The van der Waals surface area contributed by atoms with Crippen LogP contribution in [0.2, 0.25) is 0 Å². The Labute approximate surface area is 199 Å². The lowest BCUT2D eigenvalue weighted by Crippen LogP contribution is -2.52. The van der Waals surface area contributed by atoms with Gasteiger partial charge in [0, 0.05) is 30.2 Å². The number of hydrogen-bond donors (Lipinski definition) is 2.